The third-order valence-corrected chi connectivity index (χ3v) is 2.56. The van der Waals surface area contributed by atoms with Gasteiger partial charge >= 0.3 is 0 Å². The monoisotopic (exact) mass is 229 g/mol. The Morgan fingerprint density at radius 3 is 2.25 bits per heavy atom. The molecule has 0 aromatic rings. The van der Waals surface area contributed by atoms with E-state index in [1.807, 2.05) is 0 Å². The molecule has 0 aliphatic rings. The first-order valence-corrected chi connectivity index (χ1v) is 6.87. The first-order chi connectivity index (χ1) is 7.49. The highest BCUT2D eigenvalue weighted by Crippen LogP contribution is 2.10. The number of ether oxygens (including phenoxy) is 1. The lowest BCUT2D eigenvalue weighted by Crippen LogP contribution is -2.37. The van der Waals surface area contributed by atoms with Gasteiger partial charge in [-0.3, -0.25) is 0 Å². The van der Waals surface area contributed by atoms with Gasteiger partial charge in [-0.2, -0.15) is 0 Å². The topological polar surface area (TPSA) is 21.3 Å². The summed E-state index contributed by atoms with van der Waals surface area (Å²) >= 11 is 0. The van der Waals surface area contributed by atoms with Crippen LogP contribution in [0, 0.1) is 0 Å². The minimum Gasteiger partial charge on any atom is -0.374 e. The lowest BCUT2D eigenvalue weighted by atomic mass is 10.1. The van der Waals surface area contributed by atoms with Gasteiger partial charge in [0.2, 0.25) is 0 Å². The van der Waals surface area contributed by atoms with Crippen molar-refractivity contribution in [2.24, 2.45) is 0 Å². The molecule has 0 fully saturated rings. The summed E-state index contributed by atoms with van der Waals surface area (Å²) in [5, 5.41) is 3.58. The second kappa shape index (κ2) is 9.00. The first-order valence-electron chi connectivity index (χ1n) is 6.87. The predicted molar refractivity (Wildman–Crippen MR) is 71.9 cm³/mol. The molecule has 0 aromatic carbocycles. The second-order valence-corrected chi connectivity index (χ2v) is 5.57. The molecule has 0 aromatic heterocycles. The van der Waals surface area contributed by atoms with Gasteiger partial charge in [0, 0.05) is 6.04 Å². The van der Waals surface area contributed by atoms with Gasteiger partial charge in [-0.25, -0.2) is 0 Å². The Morgan fingerprint density at radius 1 is 1.06 bits per heavy atom. The molecule has 16 heavy (non-hydrogen) atoms. The second-order valence-electron chi connectivity index (χ2n) is 5.57. The van der Waals surface area contributed by atoms with E-state index in [1.165, 1.54) is 32.1 Å². The Kier molecular flexibility index (Phi) is 8.96. The summed E-state index contributed by atoms with van der Waals surface area (Å²) in [7, 11) is 0. The summed E-state index contributed by atoms with van der Waals surface area (Å²) in [6.07, 6.45) is 6.37. The first kappa shape index (κ1) is 15.9. The smallest absolute Gasteiger partial charge is 0.0626 e. The van der Waals surface area contributed by atoms with Crippen molar-refractivity contribution in [2.75, 3.05) is 13.2 Å². The molecule has 1 atom stereocenters. The lowest BCUT2D eigenvalue weighted by molar-refractivity contribution is -0.0156. The Bertz CT molecular complexity index is 151. The third-order valence-electron chi connectivity index (χ3n) is 2.56. The van der Waals surface area contributed by atoms with E-state index in [0.717, 1.165) is 13.2 Å². The van der Waals surface area contributed by atoms with E-state index in [1.54, 1.807) is 0 Å². The van der Waals surface area contributed by atoms with E-state index in [9.17, 15) is 0 Å². The van der Waals surface area contributed by atoms with Gasteiger partial charge in [-0.05, 0) is 40.2 Å². The molecule has 1 unspecified atom stereocenters. The molecule has 0 bridgehead atoms. The maximum absolute atomic E-state index is 5.86. The van der Waals surface area contributed by atoms with Crippen LogP contribution in [0.3, 0.4) is 0 Å². The van der Waals surface area contributed by atoms with Crippen molar-refractivity contribution in [3.63, 3.8) is 0 Å². The van der Waals surface area contributed by atoms with E-state index in [-0.39, 0.29) is 5.60 Å². The molecule has 98 valence electrons. The molecule has 0 radical (unpaired) electrons. The molecule has 0 aliphatic heterocycles. The van der Waals surface area contributed by atoms with E-state index >= 15 is 0 Å². The SMILES string of the molecule is CCCCCC(COC(C)(C)C)NCCC. The minimum atomic E-state index is -0.0170. The van der Waals surface area contributed by atoms with E-state index < -0.39 is 0 Å². The van der Waals surface area contributed by atoms with Gasteiger partial charge < -0.3 is 10.1 Å². The average molecular weight is 229 g/mol. The number of rotatable bonds is 9. The maximum atomic E-state index is 5.86. The highest BCUT2D eigenvalue weighted by Gasteiger charge is 2.14. The molecule has 0 heterocycles. The van der Waals surface area contributed by atoms with E-state index in [4.69, 9.17) is 4.74 Å². The van der Waals surface area contributed by atoms with Crippen LogP contribution in [0.5, 0.6) is 0 Å². The molecular weight excluding hydrogens is 198 g/mol. The molecule has 0 rings (SSSR count). The Hall–Kier alpha value is -0.0800. The Labute approximate surface area is 102 Å². The van der Waals surface area contributed by atoms with Crippen molar-refractivity contribution in [3.8, 4) is 0 Å². The summed E-state index contributed by atoms with van der Waals surface area (Å²) in [6, 6.07) is 0.533. The maximum Gasteiger partial charge on any atom is 0.0626 e. The molecule has 0 saturated heterocycles. The fourth-order valence-corrected chi connectivity index (χ4v) is 1.58. The molecule has 2 nitrogen and oxygen atoms in total. The highest BCUT2D eigenvalue weighted by molar-refractivity contribution is 4.69. The summed E-state index contributed by atoms with van der Waals surface area (Å²) in [5.41, 5.74) is -0.0170. The van der Waals surface area contributed by atoms with Crippen LogP contribution in [0.2, 0.25) is 0 Å². The summed E-state index contributed by atoms with van der Waals surface area (Å²) in [6.45, 7) is 12.8. The molecule has 0 spiro atoms. The Morgan fingerprint density at radius 2 is 1.75 bits per heavy atom. The molecule has 0 aliphatic carbocycles. The van der Waals surface area contributed by atoms with Gasteiger partial charge in [0.15, 0.2) is 0 Å². The van der Waals surface area contributed by atoms with Crippen molar-refractivity contribution in [3.05, 3.63) is 0 Å². The van der Waals surface area contributed by atoms with Crippen LogP contribution >= 0.6 is 0 Å². The van der Waals surface area contributed by atoms with E-state index in [2.05, 4.69) is 39.9 Å². The van der Waals surface area contributed by atoms with Crippen LogP contribution in [-0.4, -0.2) is 24.8 Å². The highest BCUT2D eigenvalue weighted by atomic mass is 16.5. The quantitative estimate of drug-likeness (QED) is 0.608. The predicted octanol–water partition coefficient (Wildman–Crippen LogP) is 3.75. The third kappa shape index (κ3) is 10.4. The molecule has 0 amide bonds. The van der Waals surface area contributed by atoms with Crippen LogP contribution in [0.15, 0.2) is 0 Å². The normalized spacial score (nSPS) is 14.1. The Balaban J connectivity index is 3.80. The molecular formula is C14H31NO. The number of unbranched alkanes of at least 4 members (excludes halogenated alkanes) is 2. The molecule has 2 heteroatoms. The van der Waals surface area contributed by atoms with Crippen molar-refractivity contribution < 1.29 is 4.74 Å². The van der Waals surface area contributed by atoms with Gasteiger partial charge in [0.05, 0.1) is 12.2 Å². The van der Waals surface area contributed by atoms with Crippen molar-refractivity contribution in [2.45, 2.75) is 78.4 Å². The van der Waals surface area contributed by atoms with Gasteiger partial charge in [-0.1, -0.05) is 33.1 Å². The molecule has 1 N–H and O–H groups in total. The van der Waals surface area contributed by atoms with Crippen LogP contribution < -0.4 is 5.32 Å². The van der Waals surface area contributed by atoms with Crippen LogP contribution in [0.4, 0.5) is 0 Å². The van der Waals surface area contributed by atoms with Crippen LogP contribution in [0.1, 0.15) is 66.7 Å². The standard InChI is InChI=1S/C14H31NO/c1-6-8-9-10-13(15-11-7-2)12-16-14(3,4)5/h13,15H,6-12H2,1-5H3. The van der Waals surface area contributed by atoms with E-state index in [0.29, 0.717) is 6.04 Å². The van der Waals surface area contributed by atoms with Crippen LogP contribution in [-0.2, 0) is 4.74 Å². The van der Waals surface area contributed by atoms with Gasteiger partial charge in [-0.15, -0.1) is 0 Å². The van der Waals surface area contributed by atoms with Crippen molar-refractivity contribution in [1.82, 2.24) is 5.32 Å². The summed E-state index contributed by atoms with van der Waals surface area (Å²) < 4.78 is 5.86. The van der Waals surface area contributed by atoms with Crippen molar-refractivity contribution in [1.29, 1.82) is 0 Å². The lowest BCUT2D eigenvalue weighted by Gasteiger charge is -2.25. The zero-order valence-electron chi connectivity index (χ0n) is 11.9. The zero-order chi connectivity index (χ0) is 12.4. The largest absolute Gasteiger partial charge is 0.374 e. The average Bonchev–Trinajstić information content (AvgIpc) is 2.20. The summed E-state index contributed by atoms with van der Waals surface area (Å²) in [5.74, 6) is 0. The summed E-state index contributed by atoms with van der Waals surface area (Å²) in [4.78, 5) is 0. The van der Waals surface area contributed by atoms with Crippen LogP contribution in [0.25, 0.3) is 0 Å². The number of nitrogens with one attached hydrogen (secondary N) is 1. The fourth-order valence-electron chi connectivity index (χ4n) is 1.58. The van der Waals surface area contributed by atoms with Gasteiger partial charge in [0.1, 0.15) is 0 Å². The van der Waals surface area contributed by atoms with Gasteiger partial charge in [0.25, 0.3) is 0 Å². The molecule has 0 saturated carbocycles. The fraction of sp³-hybridized carbons (Fsp3) is 1.00. The number of hydrogen-bond acceptors (Lipinski definition) is 2. The van der Waals surface area contributed by atoms with Crippen molar-refractivity contribution >= 4 is 0 Å². The number of hydrogen-bond donors (Lipinski definition) is 1. The zero-order valence-corrected chi connectivity index (χ0v) is 11.9. The minimum absolute atomic E-state index is 0.0170.